The van der Waals surface area contributed by atoms with E-state index in [1.165, 1.54) is 6.07 Å². The van der Waals surface area contributed by atoms with Crippen LogP contribution in [0.5, 0.6) is 0 Å². The molecule has 2 nitrogen and oxygen atoms in total. The zero-order valence-electron chi connectivity index (χ0n) is 10.2. The van der Waals surface area contributed by atoms with Crippen molar-refractivity contribution in [1.82, 2.24) is 4.98 Å². The molecule has 0 radical (unpaired) electrons. The van der Waals surface area contributed by atoms with Crippen molar-refractivity contribution in [2.45, 2.75) is 16.3 Å². The summed E-state index contributed by atoms with van der Waals surface area (Å²) >= 11 is 1.61. The Kier molecular flexibility index (Phi) is 3.27. The maximum absolute atomic E-state index is 13.3. The highest BCUT2D eigenvalue weighted by Gasteiger charge is 2.08. The van der Waals surface area contributed by atoms with Crippen molar-refractivity contribution in [3.8, 4) is 0 Å². The lowest BCUT2D eigenvalue weighted by atomic mass is 10.2. The summed E-state index contributed by atoms with van der Waals surface area (Å²) in [5, 5.41) is 0.900. The van der Waals surface area contributed by atoms with E-state index in [4.69, 9.17) is 5.73 Å². The smallest absolute Gasteiger partial charge is 0.123 e. The first kappa shape index (κ1) is 12.3. The van der Waals surface area contributed by atoms with Gasteiger partial charge in [0, 0.05) is 33.4 Å². The zero-order valence-corrected chi connectivity index (χ0v) is 11.0. The molecule has 0 spiro atoms. The summed E-state index contributed by atoms with van der Waals surface area (Å²) in [5.41, 5.74) is 7.77. The normalized spacial score (nSPS) is 11.1. The average Bonchev–Trinajstić information content (AvgIpc) is 2.82. The van der Waals surface area contributed by atoms with Gasteiger partial charge in [-0.3, -0.25) is 0 Å². The van der Waals surface area contributed by atoms with Gasteiger partial charge >= 0.3 is 0 Å². The molecule has 0 atom stereocenters. The van der Waals surface area contributed by atoms with Gasteiger partial charge < -0.3 is 10.7 Å². The maximum Gasteiger partial charge on any atom is 0.123 e. The molecule has 1 aromatic heterocycles. The number of H-pyrrole nitrogens is 1. The lowest BCUT2D eigenvalue weighted by Crippen LogP contribution is -1.97. The lowest BCUT2D eigenvalue weighted by molar-refractivity contribution is 0.629. The predicted molar refractivity (Wildman–Crippen MR) is 76.7 cm³/mol. The fraction of sp³-hybridized carbons (Fsp3) is 0.0667. The highest BCUT2D eigenvalue weighted by molar-refractivity contribution is 7.99. The van der Waals surface area contributed by atoms with E-state index in [9.17, 15) is 4.39 Å². The van der Waals surface area contributed by atoms with E-state index in [1.807, 2.05) is 30.5 Å². The molecule has 1 heterocycles. The molecule has 0 aliphatic rings. The van der Waals surface area contributed by atoms with Gasteiger partial charge in [0.1, 0.15) is 5.82 Å². The van der Waals surface area contributed by atoms with E-state index in [-0.39, 0.29) is 5.82 Å². The Hall–Kier alpha value is -1.78. The van der Waals surface area contributed by atoms with Crippen LogP contribution in [0.4, 0.5) is 4.39 Å². The minimum absolute atomic E-state index is 0.221. The van der Waals surface area contributed by atoms with Crippen molar-refractivity contribution in [1.29, 1.82) is 0 Å². The van der Waals surface area contributed by atoms with E-state index in [1.54, 1.807) is 23.9 Å². The van der Waals surface area contributed by atoms with E-state index in [0.29, 0.717) is 6.54 Å². The van der Waals surface area contributed by atoms with Crippen LogP contribution in [0.2, 0.25) is 0 Å². The second-order valence-electron chi connectivity index (χ2n) is 4.26. The molecule has 96 valence electrons. The predicted octanol–water partition coefficient (Wildman–Crippen LogP) is 3.92. The van der Waals surface area contributed by atoms with Crippen LogP contribution in [0.3, 0.4) is 0 Å². The van der Waals surface area contributed by atoms with Gasteiger partial charge in [0.05, 0.1) is 0 Å². The SMILES string of the molecule is NCc1ccccc1Sc1c[nH]c2ccc(F)cc12. The van der Waals surface area contributed by atoms with Crippen molar-refractivity contribution in [3.63, 3.8) is 0 Å². The van der Waals surface area contributed by atoms with Crippen LogP contribution in [0, 0.1) is 5.82 Å². The zero-order chi connectivity index (χ0) is 13.2. The first-order valence-corrected chi connectivity index (χ1v) is 6.82. The van der Waals surface area contributed by atoms with Gasteiger partial charge in [-0.1, -0.05) is 30.0 Å². The number of nitrogens with one attached hydrogen (secondary N) is 1. The topological polar surface area (TPSA) is 41.8 Å². The Morgan fingerprint density at radius 3 is 2.79 bits per heavy atom. The van der Waals surface area contributed by atoms with Crippen LogP contribution in [0.1, 0.15) is 5.56 Å². The molecule has 0 saturated carbocycles. The summed E-state index contributed by atoms with van der Waals surface area (Å²) in [5.74, 6) is -0.221. The van der Waals surface area contributed by atoms with Gasteiger partial charge in [0.15, 0.2) is 0 Å². The van der Waals surface area contributed by atoms with Crippen molar-refractivity contribution in [3.05, 3.63) is 60.0 Å². The molecule has 0 fully saturated rings. The van der Waals surface area contributed by atoms with Gasteiger partial charge in [-0.25, -0.2) is 4.39 Å². The van der Waals surface area contributed by atoms with Gasteiger partial charge in [-0.05, 0) is 29.8 Å². The van der Waals surface area contributed by atoms with E-state index >= 15 is 0 Å². The third-order valence-corrected chi connectivity index (χ3v) is 4.19. The third kappa shape index (κ3) is 2.37. The Balaban J connectivity index is 2.03. The van der Waals surface area contributed by atoms with Gasteiger partial charge in [0.25, 0.3) is 0 Å². The summed E-state index contributed by atoms with van der Waals surface area (Å²) in [6.07, 6.45) is 1.90. The molecular weight excluding hydrogens is 259 g/mol. The van der Waals surface area contributed by atoms with E-state index < -0.39 is 0 Å². The first-order chi connectivity index (χ1) is 9.28. The molecule has 0 aliphatic heterocycles. The van der Waals surface area contributed by atoms with Crippen molar-refractivity contribution in [2.24, 2.45) is 5.73 Å². The lowest BCUT2D eigenvalue weighted by Gasteiger charge is -2.06. The molecule has 3 aromatic rings. The molecule has 0 aliphatic carbocycles. The minimum atomic E-state index is -0.221. The summed E-state index contributed by atoms with van der Waals surface area (Å²) in [4.78, 5) is 5.27. The fourth-order valence-electron chi connectivity index (χ4n) is 2.04. The van der Waals surface area contributed by atoms with Crippen LogP contribution in [0.25, 0.3) is 10.9 Å². The number of nitrogens with two attached hydrogens (primary N) is 1. The second kappa shape index (κ2) is 5.07. The number of fused-ring (bicyclic) bond motifs is 1. The minimum Gasteiger partial charge on any atom is -0.360 e. The summed E-state index contributed by atoms with van der Waals surface area (Å²) in [7, 11) is 0. The van der Waals surface area contributed by atoms with E-state index in [0.717, 1.165) is 26.3 Å². The molecule has 0 amide bonds. The quantitative estimate of drug-likeness (QED) is 0.759. The largest absolute Gasteiger partial charge is 0.360 e. The molecular formula is C15H13FN2S. The van der Waals surface area contributed by atoms with E-state index in [2.05, 4.69) is 4.98 Å². The van der Waals surface area contributed by atoms with Gasteiger partial charge in [-0.2, -0.15) is 0 Å². The first-order valence-electron chi connectivity index (χ1n) is 6.00. The molecule has 19 heavy (non-hydrogen) atoms. The molecule has 0 bridgehead atoms. The Bertz CT molecular complexity index is 721. The monoisotopic (exact) mass is 272 g/mol. The van der Waals surface area contributed by atoms with Crippen LogP contribution in [-0.2, 0) is 6.54 Å². The molecule has 3 N–H and O–H groups in total. The third-order valence-electron chi connectivity index (χ3n) is 3.02. The molecule has 2 aromatic carbocycles. The highest BCUT2D eigenvalue weighted by atomic mass is 32.2. The Morgan fingerprint density at radius 2 is 1.95 bits per heavy atom. The molecule has 3 rings (SSSR count). The van der Waals surface area contributed by atoms with Crippen molar-refractivity contribution >= 4 is 22.7 Å². The standard InChI is InChI=1S/C15H13FN2S/c16-11-5-6-13-12(7-11)15(9-18-13)19-14-4-2-1-3-10(14)8-17/h1-7,9,18H,8,17H2. The number of hydrogen-bond acceptors (Lipinski definition) is 2. The van der Waals surface area contributed by atoms with Crippen molar-refractivity contribution < 1.29 is 4.39 Å². The number of halogens is 1. The van der Waals surface area contributed by atoms with Crippen LogP contribution >= 0.6 is 11.8 Å². The average molecular weight is 272 g/mol. The summed E-state index contributed by atoms with van der Waals surface area (Å²) in [6.45, 7) is 0.500. The highest BCUT2D eigenvalue weighted by Crippen LogP contribution is 2.35. The van der Waals surface area contributed by atoms with Gasteiger partial charge in [-0.15, -0.1) is 0 Å². The van der Waals surface area contributed by atoms with Crippen LogP contribution in [0.15, 0.2) is 58.5 Å². The number of benzene rings is 2. The molecule has 0 saturated heterocycles. The maximum atomic E-state index is 13.3. The van der Waals surface area contributed by atoms with Crippen LogP contribution < -0.4 is 5.73 Å². The number of rotatable bonds is 3. The Morgan fingerprint density at radius 1 is 1.11 bits per heavy atom. The summed E-state index contributed by atoms with van der Waals surface area (Å²) < 4.78 is 13.3. The van der Waals surface area contributed by atoms with Gasteiger partial charge in [0.2, 0.25) is 0 Å². The fourth-order valence-corrected chi connectivity index (χ4v) is 3.10. The second-order valence-corrected chi connectivity index (χ2v) is 5.34. The molecule has 4 heteroatoms. The molecule has 0 unspecified atom stereocenters. The number of aromatic nitrogens is 1. The number of hydrogen-bond donors (Lipinski definition) is 2. The Labute approximate surface area is 114 Å². The van der Waals surface area contributed by atoms with Crippen molar-refractivity contribution in [2.75, 3.05) is 0 Å². The van der Waals surface area contributed by atoms with Crippen LogP contribution in [-0.4, -0.2) is 4.98 Å². The summed E-state index contributed by atoms with van der Waals surface area (Å²) in [6, 6.07) is 12.8. The number of aromatic amines is 1.